The van der Waals surface area contributed by atoms with Gasteiger partial charge < -0.3 is 22.1 Å². The molecule has 1 aromatic rings. The lowest BCUT2D eigenvalue weighted by Gasteiger charge is -2.22. The van der Waals surface area contributed by atoms with Crippen LogP contribution in [0.15, 0.2) is 24.3 Å². The highest BCUT2D eigenvalue weighted by molar-refractivity contribution is 5.93. The summed E-state index contributed by atoms with van der Waals surface area (Å²) in [5, 5.41) is 5.70. The quantitative estimate of drug-likeness (QED) is 0.532. The summed E-state index contributed by atoms with van der Waals surface area (Å²) in [6.07, 6.45) is 7.40. The Morgan fingerprint density at radius 1 is 1.12 bits per heavy atom. The van der Waals surface area contributed by atoms with Crippen LogP contribution in [0.5, 0.6) is 0 Å². The Labute approximate surface area is 153 Å². The van der Waals surface area contributed by atoms with Crippen molar-refractivity contribution in [3.8, 4) is 0 Å². The molecule has 1 atom stereocenters. The van der Waals surface area contributed by atoms with Crippen LogP contribution in [0.3, 0.4) is 0 Å². The van der Waals surface area contributed by atoms with E-state index in [0.29, 0.717) is 23.6 Å². The van der Waals surface area contributed by atoms with Gasteiger partial charge in [0.15, 0.2) is 0 Å². The summed E-state index contributed by atoms with van der Waals surface area (Å²) >= 11 is 0. The molecule has 1 saturated carbocycles. The molecule has 142 valence electrons. The lowest BCUT2D eigenvalue weighted by Crippen LogP contribution is -2.48. The summed E-state index contributed by atoms with van der Waals surface area (Å²) in [4.78, 5) is 35.0. The molecule has 0 aliphatic heterocycles. The van der Waals surface area contributed by atoms with E-state index in [9.17, 15) is 14.4 Å². The Morgan fingerprint density at radius 2 is 1.85 bits per heavy atom. The van der Waals surface area contributed by atoms with Gasteiger partial charge in [0.25, 0.3) is 0 Å². The van der Waals surface area contributed by atoms with Gasteiger partial charge in [0, 0.05) is 24.2 Å². The van der Waals surface area contributed by atoms with E-state index in [1.165, 1.54) is 32.1 Å². The van der Waals surface area contributed by atoms with Gasteiger partial charge in [-0.1, -0.05) is 38.2 Å². The number of primary amides is 2. The van der Waals surface area contributed by atoms with Crippen LogP contribution in [0.1, 0.15) is 55.3 Å². The van der Waals surface area contributed by atoms with E-state index in [1.54, 1.807) is 24.3 Å². The second-order valence-corrected chi connectivity index (χ2v) is 6.89. The molecule has 0 radical (unpaired) electrons. The van der Waals surface area contributed by atoms with Crippen molar-refractivity contribution in [1.29, 1.82) is 0 Å². The number of benzene rings is 1. The predicted molar refractivity (Wildman–Crippen MR) is 100 cm³/mol. The molecule has 7 nitrogen and oxygen atoms in total. The molecule has 1 unspecified atom stereocenters. The molecule has 1 fully saturated rings. The maximum Gasteiger partial charge on any atom is 0.248 e. The fourth-order valence-corrected chi connectivity index (χ4v) is 3.30. The van der Waals surface area contributed by atoms with Crippen LogP contribution >= 0.6 is 0 Å². The first-order valence-electron chi connectivity index (χ1n) is 9.18. The third-order valence-electron chi connectivity index (χ3n) is 4.84. The Bertz CT molecular complexity index is 641. The zero-order chi connectivity index (χ0) is 18.9. The topological polar surface area (TPSA) is 127 Å². The molecule has 6 N–H and O–H groups in total. The Balaban J connectivity index is 1.82. The number of hydrogen-bond donors (Lipinski definition) is 4. The first kappa shape index (κ1) is 19.8. The van der Waals surface area contributed by atoms with Crippen LogP contribution < -0.4 is 22.1 Å². The zero-order valence-corrected chi connectivity index (χ0v) is 15.0. The van der Waals surface area contributed by atoms with E-state index in [0.717, 1.165) is 6.42 Å². The molecular formula is C19H28N4O3. The first-order chi connectivity index (χ1) is 12.5. The molecule has 0 bridgehead atoms. The summed E-state index contributed by atoms with van der Waals surface area (Å²) in [7, 11) is 0. The van der Waals surface area contributed by atoms with Crippen molar-refractivity contribution < 1.29 is 14.4 Å². The number of nitrogens with one attached hydrogen (secondary N) is 2. The fraction of sp³-hybridized carbons (Fsp3) is 0.526. The first-order valence-corrected chi connectivity index (χ1v) is 9.18. The van der Waals surface area contributed by atoms with Crippen LogP contribution in [0, 0.1) is 5.92 Å². The lowest BCUT2D eigenvalue weighted by atomic mass is 9.86. The van der Waals surface area contributed by atoms with Gasteiger partial charge in [-0.05, 0) is 30.5 Å². The van der Waals surface area contributed by atoms with E-state index in [2.05, 4.69) is 10.6 Å². The van der Waals surface area contributed by atoms with Crippen LogP contribution in [-0.4, -0.2) is 30.3 Å². The second kappa shape index (κ2) is 9.79. The minimum absolute atomic E-state index is 0.146. The molecule has 1 aliphatic rings. The van der Waals surface area contributed by atoms with Crippen molar-refractivity contribution in [2.45, 2.75) is 51.0 Å². The standard InChI is InChI=1S/C19H28N4O3/c20-18(25)14-7-4-8-15(11-14)22-12-16(19(21)26)23-17(24)10-9-13-5-2-1-3-6-13/h4,7-8,11,13,16,22H,1-3,5-6,9-10,12H2,(H2,20,25)(H2,21,26)(H,23,24). The number of anilines is 1. The molecule has 0 saturated heterocycles. The molecule has 0 spiro atoms. The molecule has 3 amide bonds. The summed E-state index contributed by atoms with van der Waals surface area (Å²) in [5.41, 5.74) is 11.6. The fourth-order valence-electron chi connectivity index (χ4n) is 3.30. The van der Waals surface area contributed by atoms with Crippen LogP contribution in [0.25, 0.3) is 0 Å². The van der Waals surface area contributed by atoms with Crippen molar-refractivity contribution in [2.24, 2.45) is 17.4 Å². The third-order valence-corrected chi connectivity index (χ3v) is 4.84. The maximum absolute atomic E-state index is 12.1. The molecule has 1 aromatic carbocycles. The SMILES string of the molecule is NC(=O)c1cccc(NCC(NC(=O)CCC2CCCCC2)C(N)=O)c1. The number of carbonyl (C=O) groups excluding carboxylic acids is 3. The number of hydrogen-bond acceptors (Lipinski definition) is 4. The highest BCUT2D eigenvalue weighted by Gasteiger charge is 2.20. The molecule has 26 heavy (non-hydrogen) atoms. The Morgan fingerprint density at radius 3 is 2.50 bits per heavy atom. The average molecular weight is 360 g/mol. The van der Waals surface area contributed by atoms with Gasteiger partial charge in [-0.15, -0.1) is 0 Å². The third kappa shape index (κ3) is 6.38. The highest BCUT2D eigenvalue weighted by Crippen LogP contribution is 2.27. The minimum Gasteiger partial charge on any atom is -0.382 e. The molecular weight excluding hydrogens is 332 g/mol. The average Bonchev–Trinajstić information content (AvgIpc) is 2.64. The molecule has 0 aromatic heterocycles. The van der Waals surface area contributed by atoms with Gasteiger partial charge in [0.2, 0.25) is 17.7 Å². The van der Waals surface area contributed by atoms with Crippen LogP contribution in [0.4, 0.5) is 5.69 Å². The normalized spacial score (nSPS) is 15.8. The van der Waals surface area contributed by atoms with Crippen molar-refractivity contribution >= 4 is 23.4 Å². The van der Waals surface area contributed by atoms with E-state index < -0.39 is 17.9 Å². The molecule has 0 heterocycles. The van der Waals surface area contributed by atoms with E-state index in [4.69, 9.17) is 11.5 Å². The van der Waals surface area contributed by atoms with Crippen molar-refractivity contribution in [3.63, 3.8) is 0 Å². The second-order valence-electron chi connectivity index (χ2n) is 6.89. The van der Waals surface area contributed by atoms with Crippen molar-refractivity contribution in [2.75, 3.05) is 11.9 Å². The van der Waals surface area contributed by atoms with Gasteiger partial charge >= 0.3 is 0 Å². The monoisotopic (exact) mass is 360 g/mol. The largest absolute Gasteiger partial charge is 0.382 e. The van der Waals surface area contributed by atoms with E-state index in [1.807, 2.05) is 0 Å². The summed E-state index contributed by atoms with van der Waals surface area (Å²) in [6.45, 7) is 0.146. The summed E-state index contributed by atoms with van der Waals surface area (Å²) in [5.74, 6) is -0.686. The molecule has 2 rings (SSSR count). The maximum atomic E-state index is 12.1. The molecule has 1 aliphatic carbocycles. The number of nitrogens with two attached hydrogens (primary N) is 2. The van der Waals surface area contributed by atoms with Crippen molar-refractivity contribution in [1.82, 2.24) is 5.32 Å². The smallest absolute Gasteiger partial charge is 0.248 e. The van der Waals surface area contributed by atoms with Gasteiger partial charge in [0.05, 0.1) is 0 Å². The predicted octanol–water partition coefficient (Wildman–Crippen LogP) is 1.53. The summed E-state index contributed by atoms with van der Waals surface area (Å²) in [6, 6.07) is 5.81. The number of rotatable bonds is 9. The zero-order valence-electron chi connectivity index (χ0n) is 15.0. The van der Waals surface area contributed by atoms with E-state index in [-0.39, 0.29) is 12.5 Å². The van der Waals surface area contributed by atoms with Gasteiger partial charge in [0.1, 0.15) is 6.04 Å². The number of carbonyl (C=O) groups is 3. The summed E-state index contributed by atoms with van der Waals surface area (Å²) < 4.78 is 0. The minimum atomic E-state index is -0.814. The Hall–Kier alpha value is -2.57. The number of amides is 3. The van der Waals surface area contributed by atoms with E-state index >= 15 is 0 Å². The molecule has 7 heteroatoms. The Kier molecular flexibility index (Phi) is 7.44. The highest BCUT2D eigenvalue weighted by atomic mass is 16.2. The van der Waals surface area contributed by atoms with Gasteiger partial charge in [-0.2, -0.15) is 0 Å². The van der Waals surface area contributed by atoms with Crippen LogP contribution in [-0.2, 0) is 9.59 Å². The van der Waals surface area contributed by atoms with Gasteiger partial charge in [-0.3, -0.25) is 14.4 Å². The lowest BCUT2D eigenvalue weighted by molar-refractivity contribution is -0.127. The van der Waals surface area contributed by atoms with Crippen LogP contribution in [0.2, 0.25) is 0 Å². The van der Waals surface area contributed by atoms with Crippen molar-refractivity contribution in [3.05, 3.63) is 29.8 Å². The van der Waals surface area contributed by atoms with Gasteiger partial charge in [-0.25, -0.2) is 0 Å².